The molecule has 0 saturated carbocycles. The second-order valence-electron chi connectivity index (χ2n) is 4.94. The molecule has 0 bridgehead atoms. The molecule has 5 nitrogen and oxygen atoms in total. The third-order valence-corrected chi connectivity index (χ3v) is 2.82. The first-order chi connectivity index (χ1) is 8.47. The second kappa shape index (κ2) is 4.84. The molecule has 2 heterocycles. The van der Waals surface area contributed by atoms with E-state index in [-0.39, 0.29) is 0 Å². The Bertz CT molecular complexity index is 520. The predicted octanol–water partition coefficient (Wildman–Crippen LogP) is 2.66. The summed E-state index contributed by atoms with van der Waals surface area (Å²) in [5.41, 5.74) is 3.07. The molecule has 1 N–H and O–H groups in total. The van der Waals surface area contributed by atoms with E-state index in [1.54, 1.807) is 0 Å². The molecule has 0 aromatic carbocycles. The van der Waals surface area contributed by atoms with Gasteiger partial charge in [0.05, 0.1) is 17.9 Å². The van der Waals surface area contributed by atoms with Gasteiger partial charge in [-0.2, -0.15) is 0 Å². The summed E-state index contributed by atoms with van der Waals surface area (Å²) in [6, 6.07) is 0.357. The van der Waals surface area contributed by atoms with E-state index in [0.29, 0.717) is 6.04 Å². The van der Waals surface area contributed by atoms with Crippen LogP contribution in [0.3, 0.4) is 0 Å². The van der Waals surface area contributed by atoms with E-state index in [0.717, 1.165) is 35.2 Å². The van der Waals surface area contributed by atoms with Crippen LogP contribution >= 0.6 is 0 Å². The molecule has 0 atom stereocenters. The van der Waals surface area contributed by atoms with E-state index in [1.165, 1.54) is 0 Å². The van der Waals surface area contributed by atoms with Crippen molar-refractivity contribution in [2.24, 2.45) is 0 Å². The van der Waals surface area contributed by atoms with Crippen LogP contribution in [-0.2, 0) is 6.54 Å². The summed E-state index contributed by atoms with van der Waals surface area (Å²) >= 11 is 0. The Labute approximate surface area is 107 Å². The van der Waals surface area contributed by atoms with Gasteiger partial charge in [0.1, 0.15) is 5.76 Å². The van der Waals surface area contributed by atoms with Crippen LogP contribution in [0.25, 0.3) is 0 Å². The number of aromatic nitrogens is 3. The average molecular weight is 248 g/mol. The molecule has 0 saturated heterocycles. The fourth-order valence-corrected chi connectivity index (χ4v) is 1.94. The molecule has 0 aliphatic heterocycles. The number of anilines is 1. The van der Waals surface area contributed by atoms with E-state index in [1.807, 2.05) is 27.0 Å². The molecule has 0 radical (unpaired) electrons. The monoisotopic (exact) mass is 248 g/mol. The maximum atomic E-state index is 5.19. The topological polar surface area (TPSA) is 55.9 Å². The normalized spacial score (nSPS) is 11.2. The molecule has 0 aliphatic rings. The van der Waals surface area contributed by atoms with Crippen molar-refractivity contribution >= 4 is 5.95 Å². The summed E-state index contributed by atoms with van der Waals surface area (Å²) < 4.78 is 7.29. The lowest BCUT2D eigenvalue weighted by molar-refractivity contribution is 0.392. The summed E-state index contributed by atoms with van der Waals surface area (Å²) in [4.78, 5) is 4.49. The third kappa shape index (κ3) is 2.55. The van der Waals surface area contributed by atoms with Crippen LogP contribution in [0.5, 0.6) is 0 Å². The smallest absolute Gasteiger partial charge is 0.203 e. The Kier molecular flexibility index (Phi) is 3.41. The quantitative estimate of drug-likeness (QED) is 0.903. The predicted molar refractivity (Wildman–Crippen MR) is 70.8 cm³/mol. The van der Waals surface area contributed by atoms with Crippen LogP contribution in [0.1, 0.15) is 36.6 Å². The fraction of sp³-hybridized carbons (Fsp3) is 0.538. The molecule has 0 fully saturated rings. The molecule has 2 rings (SSSR count). The maximum Gasteiger partial charge on any atom is 0.203 e. The van der Waals surface area contributed by atoms with Crippen molar-refractivity contribution < 1.29 is 4.52 Å². The van der Waals surface area contributed by atoms with Gasteiger partial charge in [-0.1, -0.05) is 5.16 Å². The molecular weight excluding hydrogens is 228 g/mol. The van der Waals surface area contributed by atoms with Crippen molar-refractivity contribution in [2.45, 2.75) is 47.2 Å². The summed E-state index contributed by atoms with van der Waals surface area (Å²) in [7, 11) is 0. The summed E-state index contributed by atoms with van der Waals surface area (Å²) in [5.74, 6) is 1.76. The highest BCUT2D eigenvalue weighted by molar-refractivity contribution is 5.32. The third-order valence-electron chi connectivity index (χ3n) is 2.82. The highest BCUT2D eigenvalue weighted by Gasteiger charge is 2.13. The SMILES string of the molecule is Cc1cn(Cc2c(C)noc2C)c(NC(C)C)n1. The minimum absolute atomic E-state index is 0.357. The molecule has 2 aromatic rings. The van der Waals surface area contributed by atoms with Crippen molar-refractivity contribution in [1.82, 2.24) is 14.7 Å². The summed E-state index contributed by atoms with van der Waals surface area (Å²) in [6.45, 7) is 10.8. The lowest BCUT2D eigenvalue weighted by Gasteiger charge is -2.11. The lowest BCUT2D eigenvalue weighted by Crippen LogP contribution is -2.15. The standard InChI is InChI=1S/C13H20N4O/c1-8(2)14-13-15-9(3)6-17(13)7-12-10(4)16-18-11(12)5/h6,8H,7H2,1-5H3,(H,14,15). The van der Waals surface area contributed by atoms with Gasteiger partial charge in [0.25, 0.3) is 0 Å². The number of imidazole rings is 1. The van der Waals surface area contributed by atoms with E-state index >= 15 is 0 Å². The van der Waals surface area contributed by atoms with E-state index in [9.17, 15) is 0 Å². The molecule has 98 valence electrons. The minimum Gasteiger partial charge on any atom is -0.361 e. The van der Waals surface area contributed by atoms with E-state index < -0.39 is 0 Å². The Morgan fingerprint density at radius 1 is 1.33 bits per heavy atom. The number of hydrogen-bond acceptors (Lipinski definition) is 4. The van der Waals surface area contributed by atoms with Gasteiger partial charge in [-0.15, -0.1) is 0 Å². The van der Waals surface area contributed by atoms with Gasteiger partial charge in [0.2, 0.25) is 5.95 Å². The molecule has 0 aliphatic carbocycles. The number of nitrogens with zero attached hydrogens (tertiary/aromatic N) is 3. The highest BCUT2D eigenvalue weighted by Crippen LogP contribution is 2.18. The molecule has 0 amide bonds. The summed E-state index contributed by atoms with van der Waals surface area (Å²) in [5, 5.41) is 7.33. The van der Waals surface area contributed by atoms with Crippen molar-refractivity contribution in [3.05, 3.63) is 28.9 Å². The molecule has 0 unspecified atom stereocenters. The zero-order valence-electron chi connectivity index (χ0n) is 11.6. The van der Waals surface area contributed by atoms with Crippen LogP contribution in [0, 0.1) is 20.8 Å². The van der Waals surface area contributed by atoms with Crippen molar-refractivity contribution in [3.8, 4) is 0 Å². The fourth-order valence-electron chi connectivity index (χ4n) is 1.94. The van der Waals surface area contributed by atoms with Gasteiger partial charge < -0.3 is 14.4 Å². The number of nitrogens with one attached hydrogen (secondary N) is 1. The van der Waals surface area contributed by atoms with Crippen LogP contribution < -0.4 is 5.32 Å². The van der Waals surface area contributed by atoms with Crippen LogP contribution in [0.4, 0.5) is 5.95 Å². The van der Waals surface area contributed by atoms with E-state index in [4.69, 9.17) is 4.52 Å². The number of rotatable bonds is 4. The average Bonchev–Trinajstić information content (AvgIpc) is 2.75. The first-order valence-corrected chi connectivity index (χ1v) is 6.19. The molecule has 18 heavy (non-hydrogen) atoms. The molecule has 0 spiro atoms. The first kappa shape index (κ1) is 12.7. The Balaban J connectivity index is 2.28. The Morgan fingerprint density at radius 2 is 2.06 bits per heavy atom. The molecular formula is C13H20N4O. The Morgan fingerprint density at radius 3 is 2.61 bits per heavy atom. The van der Waals surface area contributed by atoms with E-state index in [2.05, 4.69) is 33.9 Å². The maximum absolute atomic E-state index is 5.19. The molecule has 2 aromatic heterocycles. The van der Waals surface area contributed by atoms with Gasteiger partial charge in [0.15, 0.2) is 0 Å². The first-order valence-electron chi connectivity index (χ1n) is 6.19. The van der Waals surface area contributed by atoms with Gasteiger partial charge in [-0.3, -0.25) is 0 Å². The van der Waals surface area contributed by atoms with Crippen LogP contribution in [0.15, 0.2) is 10.7 Å². The zero-order chi connectivity index (χ0) is 13.3. The minimum atomic E-state index is 0.357. The van der Waals surface area contributed by atoms with Crippen LogP contribution in [-0.4, -0.2) is 20.7 Å². The van der Waals surface area contributed by atoms with Gasteiger partial charge >= 0.3 is 0 Å². The van der Waals surface area contributed by atoms with Crippen molar-refractivity contribution in [1.29, 1.82) is 0 Å². The lowest BCUT2D eigenvalue weighted by atomic mass is 10.2. The molecule has 5 heteroatoms. The van der Waals surface area contributed by atoms with Gasteiger partial charge in [-0.25, -0.2) is 4.98 Å². The van der Waals surface area contributed by atoms with Gasteiger partial charge in [0, 0.05) is 17.8 Å². The van der Waals surface area contributed by atoms with Crippen molar-refractivity contribution in [3.63, 3.8) is 0 Å². The zero-order valence-corrected chi connectivity index (χ0v) is 11.6. The number of aryl methyl sites for hydroxylation is 3. The van der Waals surface area contributed by atoms with Crippen LogP contribution in [0.2, 0.25) is 0 Å². The van der Waals surface area contributed by atoms with Crippen molar-refractivity contribution in [2.75, 3.05) is 5.32 Å². The Hall–Kier alpha value is -1.78. The summed E-state index contributed by atoms with van der Waals surface area (Å²) in [6.07, 6.45) is 2.04. The second-order valence-corrected chi connectivity index (χ2v) is 4.94. The van der Waals surface area contributed by atoms with Gasteiger partial charge in [-0.05, 0) is 34.6 Å². The number of hydrogen-bond donors (Lipinski definition) is 1. The highest BCUT2D eigenvalue weighted by atomic mass is 16.5. The largest absolute Gasteiger partial charge is 0.361 e.